The third-order valence-corrected chi connectivity index (χ3v) is 3.82. The maximum Gasteiger partial charge on any atom is 0.339 e. The molecule has 0 radical (unpaired) electrons. The van der Waals surface area contributed by atoms with Crippen LogP contribution in [0, 0.1) is 5.92 Å². The van der Waals surface area contributed by atoms with Crippen LogP contribution in [0.2, 0.25) is 0 Å². The number of hydrogen-bond donors (Lipinski definition) is 2. The molecule has 0 saturated carbocycles. The van der Waals surface area contributed by atoms with E-state index in [2.05, 4.69) is 4.98 Å². The number of hydrogen-bond acceptors (Lipinski definition) is 4. The number of amides is 1. The van der Waals surface area contributed by atoms with Crippen LogP contribution in [0.5, 0.6) is 0 Å². The highest BCUT2D eigenvalue weighted by Gasteiger charge is 2.30. The highest BCUT2D eigenvalue weighted by atomic mass is 16.4. The highest BCUT2D eigenvalue weighted by molar-refractivity contribution is 5.98. The first-order valence-electron chi connectivity index (χ1n) is 6.73. The van der Waals surface area contributed by atoms with Crippen molar-refractivity contribution in [2.45, 2.75) is 6.42 Å². The van der Waals surface area contributed by atoms with E-state index in [1.807, 2.05) is 29.2 Å². The number of aromatic carboxylic acids is 1. The molecule has 1 saturated heterocycles. The molecule has 1 amide bonds. The summed E-state index contributed by atoms with van der Waals surface area (Å²) in [5.41, 5.74) is 6.21. The third-order valence-electron chi connectivity index (χ3n) is 3.82. The lowest BCUT2D eigenvalue weighted by Crippen LogP contribution is -2.28. The first-order valence-corrected chi connectivity index (χ1v) is 6.73. The van der Waals surface area contributed by atoms with Gasteiger partial charge < -0.3 is 15.7 Å². The summed E-state index contributed by atoms with van der Waals surface area (Å²) in [5, 5.41) is 10.2. The van der Waals surface area contributed by atoms with Crippen molar-refractivity contribution in [1.82, 2.24) is 4.98 Å². The number of nitrogens with two attached hydrogens (primary N) is 1. The van der Waals surface area contributed by atoms with Crippen LogP contribution >= 0.6 is 0 Å². The zero-order valence-corrected chi connectivity index (χ0v) is 11.3. The summed E-state index contributed by atoms with van der Waals surface area (Å²) in [5.74, 6) is -1.22. The van der Waals surface area contributed by atoms with Crippen LogP contribution in [0.15, 0.2) is 30.3 Å². The first-order chi connectivity index (χ1) is 10.1. The fourth-order valence-corrected chi connectivity index (χ4v) is 2.69. The zero-order valence-electron chi connectivity index (χ0n) is 11.3. The predicted molar refractivity (Wildman–Crippen MR) is 78.2 cm³/mol. The molecule has 1 aliphatic rings. The fraction of sp³-hybridized carbons (Fsp3) is 0.267. The minimum Gasteiger partial charge on any atom is -0.478 e. The number of carboxylic acids is 1. The van der Waals surface area contributed by atoms with Crippen molar-refractivity contribution in [3.05, 3.63) is 35.9 Å². The van der Waals surface area contributed by atoms with Crippen molar-refractivity contribution < 1.29 is 14.7 Å². The molecular formula is C15H15N3O3. The molecule has 1 aliphatic heterocycles. The maximum atomic E-state index is 11.5. The van der Waals surface area contributed by atoms with Crippen LogP contribution in [0.25, 0.3) is 10.9 Å². The van der Waals surface area contributed by atoms with Crippen molar-refractivity contribution in [2.24, 2.45) is 11.7 Å². The van der Waals surface area contributed by atoms with E-state index in [1.165, 1.54) is 0 Å². The molecule has 0 aliphatic carbocycles. The van der Waals surface area contributed by atoms with E-state index in [1.54, 1.807) is 6.07 Å². The van der Waals surface area contributed by atoms with Gasteiger partial charge in [-0.2, -0.15) is 0 Å². The number of anilines is 1. The number of carbonyl (C=O) groups is 2. The topological polar surface area (TPSA) is 96.5 Å². The summed E-state index contributed by atoms with van der Waals surface area (Å²) in [6.45, 7) is 1.00. The molecular weight excluding hydrogens is 270 g/mol. The minimum atomic E-state index is -1.02. The van der Waals surface area contributed by atoms with Gasteiger partial charge in [0.1, 0.15) is 11.4 Å². The summed E-state index contributed by atoms with van der Waals surface area (Å²) in [7, 11) is 0. The Balaban J connectivity index is 2.06. The van der Waals surface area contributed by atoms with Gasteiger partial charge in [0.2, 0.25) is 5.91 Å². The van der Waals surface area contributed by atoms with E-state index in [-0.39, 0.29) is 17.4 Å². The normalized spacial score (nSPS) is 18.1. The number of nitrogens with zero attached hydrogens (tertiary/aromatic N) is 2. The Morgan fingerprint density at radius 1 is 1.33 bits per heavy atom. The molecule has 3 N–H and O–H groups in total. The molecule has 2 aromatic rings. The molecule has 21 heavy (non-hydrogen) atoms. The second-order valence-electron chi connectivity index (χ2n) is 5.19. The van der Waals surface area contributed by atoms with Gasteiger partial charge in [0.25, 0.3) is 0 Å². The molecule has 0 bridgehead atoms. The summed E-state index contributed by atoms with van der Waals surface area (Å²) in [6.07, 6.45) is 0.628. The molecule has 1 atom stereocenters. The van der Waals surface area contributed by atoms with E-state index < -0.39 is 5.97 Å². The molecule has 1 unspecified atom stereocenters. The lowest BCUT2D eigenvalue weighted by atomic mass is 10.1. The van der Waals surface area contributed by atoms with Crippen molar-refractivity contribution in [1.29, 1.82) is 0 Å². The molecule has 0 spiro atoms. The van der Waals surface area contributed by atoms with Crippen molar-refractivity contribution in [2.75, 3.05) is 18.0 Å². The zero-order chi connectivity index (χ0) is 15.0. The second-order valence-corrected chi connectivity index (χ2v) is 5.19. The summed E-state index contributed by atoms with van der Waals surface area (Å²) < 4.78 is 0. The molecule has 6 heteroatoms. The smallest absolute Gasteiger partial charge is 0.339 e. The van der Waals surface area contributed by atoms with Crippen LogP contribution in [0.3, 0.4) is 0 Å². The minimum absolute atomic E-state index is 0.152. The lowest BCUT2D eigenvalue weighted by molar-refractivity contribution is -0.121. The molecule has 3 rings (SSSR count). The first kappa shape index (κ1) is 13.4. The van der Waals surface area contributed by atoms with E-state index in [9.17, 15) is 14.7 Å². The van der Waals surface area contributed by atoms with Crippen molar-refractivity contribution >= 4 is 28.6 Å². The maximum absolute atomic E-state index is 11.5. The van der Waals surface area contributed by atoms with Gasteiger partial charge in [-0.05, 0) is 18.6 Å². The number of para-hydroxylation sites is 1. The number of fused-ring (bicyclic) bond motifs is 1. The third kappa shape index (κ3) is 2.40. The van der Waals surface area contributed by atoms with Crippen LogP contribution in [0.1, 0.15) is 16.8 Å². The van der Waals surface area contributed by atoms with Gasteiger partial charge in [-0.25, -0.2) is 9.78 Å². The summed E-state index contributed by atoms with van der Waals surface area (Å²) >= 11 is 0. The molecule has 1 fully saturated rings. The van der Waals surface area contributed by atoms with Crippen molar-refractivity contribution in [3.8, 4) is 0 Å². The van der Waals surface area contributed by atoms with Crippen LogP contribution in [-0.4, -0.2) is 35.1 Å². The quantitative estimate of drug-likeness (QED) is 0.884. The monoisotopic (exact) mass is 285 g/mol. The van der Waals surface area contributed by atoms with Gasteiger partial charge in [-0.3, -0.25) is 4.79 Å². The van der Waals surface area contributed by atoms with E-state index in [0.717, 1.165) is 10.9 Å². The largest absolute Gasteiger partial charge is 0.478 e. The lowest BCUT2D eigenvalue weighted by Gasteiger charge is -2.19. The summed E-state index contributed by atoms with van der Waals surface area (Å²) in [4.78, 5) is 29.0. The van der Waals surface area contributed by atoms with Gasteiger partial charge in [0.05, 0.1) is 11.4 Å². The number of rotatable bonds is 3. The van der Waals surface area contributed by atoms with Gasteiger partial charge in [-0.15, -0.1) is 0 Å². The Morgan fingerprint density at radius 2 is 2.10 bits per heavy atom. The fourth-order valence-electron chi connectivity index (χ4n) is 2.69. The van der Waals surface area contributed by atoms with Crippen LogP contribution < -0.4 is 10.6 Å². The number of benzene rings is 1. The van der Waals surface area contributed by atoms with E-state index in [0.29, 0.717) is 25.3 Å². The van der Waals surface area contributed by atoms with E-state index in [4.69, 9.17) is 5.73 Å². The molecule has 6 nitrogen and oxygen atoms in total. The van der Waals surface area contributed by atoms with Gasteiger partial charge in [-0.1, -0.05) is 18.2 Å². The highest BCUT2D eigenvalue weighted by Crippen LogP contribution is 2.28. The van der Waals surface area contributed by atoms with E-state index >= 15 is 0 Å². The standard InChI is InChI=1S/C15H15N3O3/c16-13(19)10-5-6-18(8-10)14-11(15(20)21)7-9-3-1-2-4-12(9)17-14/h1-4,7,10H,5-6,8H2,(H2,16,19)(H,20,21). The van der Waals surface area contributed by atoms with Gasteiger partial charge in [0, 0.05) is 18.5 Å². The number of carboxylic acid groups (broad SMARTS) is 1. The second kappa shape index (κ2) is 5.05. The predicted octanol–water partition coefficient (Wildman–Crippen LogP) is 1.24. The average Bonchev–Trinajstić information content (AvgIpc) is 2.95. The van der Waals surface area contributed by atoms with Crippen LogP contribution in [-0.2, 0) is 4.79 Å². The Labute approximate surface area is 121 Å². The molecule has 1 aromatic heterocycles. The average molecular weight is 285 g/mol. The Morgan fingerprint density at radius 3 is 2.76 bits per heavy atom. The number of carbonyl (C=O) groups excluding carboxylic acids is 1. The van der Waals surface area contributed by atoms with Gasteiger partial charge >= 0.3 is 5.97 Å². The van der Waals surface area contributed by atoms with Gasteiger partial charge in [0.15, 0.2) is 0 Å². The number of pyridine rings is 1. The Hall–Kier alpha value is -2.63. The number of aromatic nitrogens is 1. The SMILES string of the molecule is NC(=O)C1CCN(c2nc3ccccc3cc2C(=O)O)C1. The molecule has 108 valence electrons. The van der Waals surface area contributed by atoms with Crippen molar-refractivity contribution in [3.63, 3.8) is 0 Å². The molecule has 1 aromatic carbocycles. The Bertz CT molecular complexity index is 729. The molecule has 2 heterocycles. The number of primary amides is 1. The Kier molecular flexibility index (Phi) is 3.21. The van der Waals surface area contributed by atoms with Crippen LogP contribution in [0.4, 0.5) is 5.82 Å². The summed E-state index contributed by atoms with van der Waals surface area (Å²) in [6, 6.07) is 8.99.